The molecule has 0 aromatic heterocycles. The largest absolute Gasteiger partial charge is 0.313 e. The first kappa shape index (κ1) is 18.4. The predicted octanol–water partition coefficient (Wildman–Crippen LogP) is 3.69. The fourth-order valence-corrected chi connectivity index (χ4v) is 2.88. The van der Waals surface area contributed by atoms with Crippen molar-refractivity contribution in [2.24, 2.45) is 0 Å². The number of nitrogens with one attached hydrogen (secondary N) is 1. The number of rotatable bonds is 9. The van der Waals surface area contributed by atoms with Crippen molar-refractivity contribution >= 4 is 11.8 Å². The molecule has 120 valence electrons. The molecule has 0 aliphatic carbocycles. The minimum absolute atomic E-state index is 0.170. The number of hydrogen-bond donors (Lipinski definition) is 1. The second-order valence-electron chi connectivity index (χ2n) is 5.38. The monoisotopic (exact) mass is 316 g/mol. The van der Waals surface area contributed by atoms with Crippen LogP contribution in [0.25, 0.3) is 0 Å². The van der Waals surface area contributed by atoms with Gasteiger partial charge in [0.15, 0.2) is 11.6 Å². The lowest BCUT2D eigenvalue weighted by Crippen LogP contribution is -2.33. The maximum Gasteiger partial charge on any atom is 0.163 e. The summed E-state index contributed by atoms with van der Waals surface area (Å²) in [5.74, 6) is -0.385. The Bertz CT molecular complexity index is 429. The maximum atomic E-state index is 13.9. The van der Waals surface area contributed by atoms with Crippen LogP contribution < -0.4 is 5.32 Å². The smallest absolute Gasteiger partial charge is 0.163 e. The van der Waals surface area contributed by atoms with Crippen molar-refractivity contribution in [3.05, 3.63) is 35.4 Å². The first-order valence-corrected chi connectivity index (χ1v) is 8.71. The van der Waals surface area contributed by atoms with Crippen molar-refractivity contribution in [2.75, 3.05) is 32.6 Å². The van der Waals surface area contributed by atoms with Crippen LogP contribution in [-0.4, -0.2) is 43.6 Å². The van der Waals surface area contributed by atoms with Gasteiger partial charge in [0.2, 0.25) is 0 Å². The van der Waals surface area contributed by atoms with Crippen LogP contribution in [0, 0.1) is 11.6 Å². The van der Waals surface area contributed by atoms with E-state index in [0.29, 0.717) is 11.6 Å². The lowest BCUT2D eigenvalue weighted by molar-refractivity contribution is 0.239. The van der Waals surface area contributed by atoms with Gasteiger partial charge in [-0.2, -0.15) is 11.8 Å². The topological polar surface area (TPSA) is 15.3 Å². The molecule has 1 N–H and O–H groups in total. The van der Waals surface area contributed by atoms with E-state index in [1.54, 1.807) is 19.2 Å². The lowest BCUT2D eigenvalue weighted by Gasteiger charge is -2.27. The van der Waals surface area contributed by atoms with Gasteiger partial charge >= 0.3 is 0 Å². The number of hydrogen-bond acceptors (Lipinski definition) is 3. The standard InChI is InChI=1S/C16H26F2N2S/c1-12(9-11-21-4)20(3)10-8-15(19-2)13-6-5-7-14(17)16(13)18/h5-7,12,15,19H,8-11H2,1-4H3. The van der Waals surface area contributed by atoms with Gasteiger partial charge in [-0.15, -0.1) is 0 Å². The molecule has 0 radical (unpaired) electrons. The molecule has 0 spiro atoms. The van der Waals surface area contributed by atoms with Crippen molar-refractivity contribution < 1.29 is 8.78 Å². The van der Waals surface area contributed by atoms with Crippen LogP contribution in [0.3, 0.4) is 0 Å². The van der Waals surface area contributed by atoms with Gasteiger partial charge < -0.3 is 10.2 Å². The molecule has 0 bridgehead atoms. The summed E-state index contributed by atoms with van der Waals surface area (Å²) < 4.78 is 27.2. The third-order valence-corrected chi connectivity index (χ3v) is 4.61. The highest BCUT2D eigenvalue weighted by atomic mass is 32.2. The van der Waals surface area contributed by atoms with E-state index in [1.807, 2.05) is 11.8 Å². The van der Waals surface area contributed by atoms with E-state index < -0.39 is 11.6 Å². The van der Waals surface area contributed by atoms with Gasteiger partial charge in [-0.3, -0.25) is 0 Å². The molecule has 0 amide bonds. The van der Waals surface area contributed by atoms with Crippen molar-refractivity contribution in [1.29, 1.82) is 0 Å². The average molecular weight is 316 g/mol. The molecule has 1 rings (SSSR count). The number of halogens is 2. The van der Waals surface area contributed by atoms with E-state index in [1.165, 1.54) is 0 Å². The molecule has 2 atom stereocenters. The fourth-order valence-electron chi connectivity index (χ4n) is 2.31. The van der Waals surface area contributed by atoms with E-state index in [2.05, 4.69) is 30.4 Å². The molecule has 0 saturated heterocycles. The SMILES string of the molecule is CNC(CCN(C)C(C)CCSC)c1cccc(F)c1F. The molecular weight excluding hydrogens is 290 g/mol. The summed E-state index contributed by atoms with van der Waals surface area (Å²) in [5, 5.41) is 3.09. The Balaban J connectivity index is 2.60. The van der Waals surface area contributed by atoms with Gasteiger partial charge in [0.25, 0.3) is 0 Å². The highest BCUT2D eigenvalue weighted by molar-refractivity contribution is 7.98. The second kappa shape index (κ2) is 9.38. The number of thioether (sulfide) groups is 1. The second-order valence-corrected chi connectivity index (χ2v) is 6.37. The molecule has 0 heterocycles. The van der Waals surface area contributed by atoms with Gasteiger partial charge in [0.1, 0.15) is 0 Å². The zero-order valence-corrected chi connectivity index (χ0v) is 14.1. The molecule has 0 aliphatic heterocycles. The molecule has 21 heavy (non-hydrogen) atoms. The van der Waals surface area contributed by atoms with Gasteiger partial charge in [0.05, 0.1) is 0 Å². The Kier molecular flexibility index (Phi) is 8.22. The zero-order valence-electron chi connectivity index (χ0n) is 13.3. The molecule has 2 unspecified atom stereocenters. The van der Waals surface area contributed by atoms with E-state index in [4.69, 9.17) is 0 Å². The average Bonchev–Trinajstić information content (AvgIpc) is 2.49. The molecule has 0 saturated carbocycles. The molecular formula is C16H26F2N2S. The van der Waals surface area contributed by atoms with Crippen LogP contribution in [0.1, 0.15) is 31.4 Å². The van der Waals surface area contributed by atoms with E-state index >= 15 is 0 Å². The molecule has 1 aromatic carbocycles. The third-order valence-electron chi connectivity index (χ3n) is 3.97. The summed E-state index contributed by atoms with van der Waals surface area (Å²) >= 11 is 1.85. The van der Waals surface area contributed by atoms with Crippen molar-refractivity contribution in [1.82, 2.24) is 10.2 Å². The first-order chi connectivity index (χ1) is 10.0. The van der Waals surface area contributed by atoms with Gasteiger partial charge in [-0.1, -0.05) is 12.1 Å². The van der Waals surface area contributed by atoms with E-state index in [-0.39, 0.29) is 6.04 Å². The quantitative estimate of drug-likeness (QED) is 0.748. The van der Waals surface area contributed by atoms with Crippen molar-refractivity contribution in [3.8, 4) is 0 Å². The highest BCUT2D eigenvalue weighted by Gasteiger charge is 2.18. The Morgan fingerprint density at radius 2 is 2.00 bits per heavy atom. The minimum Gasteiger partial charge on any atom is -0.313 e. The molecule has 5 heteroatoms. The summed E-state index contributed by atoms with van der Waals surface area (Å²) in [6, 6.07) is 4.69. The molecule has 1 aromatic rings. The summed E-state index contributed by atoms with van der Waals surface area (Å²) in [6.45, 7) is 3.05. The Morgan fingerprint density at radius 3 is 2.62 bits per heavy atom. The Morgan fingerprint density at radius 1 is 1.29 bits per heavy atom. The molecule has 0 fully saturated rings. The zero-order chi connectivity index (χ0) is 15.8. The highest BCUT2D eigenvalue weighted by Crippen LogP contribution is 2.22. The first-order valence-electron chi connectivity index (χ1n) is 7.31. The van der Waals surface area contributed by atoms with Gasteiger partial charge in [-0.25, -0.2) is 8.78 Å². The normalized spacial score (nSPS) is 14.4. The third kappa shape index (κ3) is 5.57. The van der Waals surface area contributed by atoms with Gasteiger partial charge in [0, 0.05) is 17.6 Å². The van der Waals surface area contributed by atoms with Crippen LogP contribution in [0.5, 0.6) is 0 Å². The van der Waals surface area contributed by atoms with Crippen LogP contribution in [0.2, 0.25) is 0 Å². The summed E-state index contributed by atoms with van der Waals surface area (Å²) in [6.07, 6.45) is 3.99. The van der Waals surface area contributed by atoms with Gasteiger partial charge in [-0.05, 0) is 58.5 Å². The Labute approximate surface area is 131 Å². The number of nitrogens with zero attached hydrogens (tertiary/aromatic N) is 1. The van der Waals surface area contributed by atoms with Crippen molar-refractivity contribution in [3.63, 3.8) is 0 Å². The van der Waals surface area contributed by atoms with Crippen molar-refractivity contribution in [2.45, 2.75) is 31.8 Å². The van der Waals surface area contributed by atoms with E-state index in [9.17, 15) is 8.78 Å². The van der Waals surface area contributed by atoms with E-state index in [0.717, 1.165) is 31.2 Å². The summed E-state index contributed by atoms with van der Waals surface area (Å²) in [4.78, 5) is 2.28. The maximum absolute atomic E-state index is 13.9. The molecule has 2 nitrogen and oxygen atoms in total. The Hall–Kier alpha value is -0.650. The minimum atomic E-state index is -0.783. The van der Waals surface area contributed by atoms with Crippen LogP contribution in [0.15, 0.2) is 18.2 Å². The van der Waals surface area contributed by atoms with Crippen LogP contribution >= 0.6 is 11.8 Å². The van der Waals surface area contributed by atoms with Crippen LogP contribution in [-0.2, 0) is 0 Å². The molecule has 0 aliphatic rings. The lowest BCUT2D eigenvalue weighted by atomic mass is 10.0. The van der Waals surface area contributed by atoms with Crippen LogP contribution in [0.4, 0.5) is 8.78 Å². The summed E-state index contributed by atoms with van der Waals surface area (Å²) in [7, 11) is 3.87. The fraction of sp³-hybridized carbons (Fsp3) is 0.625. The predicted molar refractivity (Wildman–Crippen MR) is 87.9 cm³/mol. The summed E-state index contributed by atoms with van der Waals surface area (Å²) in [5.41, 5.74) is 0.405. The number of benzene rings is 1.